The van der Waals surface area contributed by atoms with Crippen LogP contribution in [0.4, 0.5) is 0 Å². The van der Waals surface area contributed by atoms with Gasteiger partial charge in [0.25, 0.3) is 0 Å². The summed E-state index contributed by atoms with van der Waals surface area (Å²) in [6.07, 6.45) is 5.97. The van der Waals surface area contributed by atoms with Crippen molar-refractivity contribution in [1.82, 2.24) is 10.2 Å². The van der Waals surface area contributed by atoms with Crippen molar-refractivity contribution in [2.45, 2.75) is 44.8 Å². The summed E-state index contributed by atoms with van der Waals surface area (Å²) in [7, 11) is 0. The van der Waals surface area contributed by atoms with Gasteiger partial charge < -0.3 is 15.0 Å². The molecule has 0 bridgehead atoms. The molecule has 3 nitrogen and oxygen atoms in total. The standard InChI is InChI=1S/C15H28N2OS/c1-2-18-14-12-13(15(14)4-3-5-15)16-6-7-17-8-10-19-11-9-17/h13-14,16H,2-12H2,1H3. The second-order valence-corrected chi connectivity index (χ2v) is 7.45. The van der Waals surface area contributed by atoms with Gasteiger partial charge in [-0.05, 0) is 26.2 Å². The van der Waals surface area contributed by atoms with Gasteiger partial charge in [-0.2, -0.15) is 11.8 Å². The molecular weight excluding hydrogens is 256 g/mol. The fraction of sp³-hybridized carbons (Fsp3) is 1.00. The van der Waals surface area contributed by atoms with Crippen LogP contribution in [0.2, 0.25) is 0 Å². The van der Waals surface area contributed by atoms with E-state index in [0.29, 0.717) is 11.5 Å². The molecule has 0 radical (unpaired) electrons. The van der Waals surface area contributed by atoms with E-state index in [1.54, 1.807) is 0 Å². The summed E-state index contributed by atoms with van der Waals surface area (Å²) in [4.78, 5) is 2.61. The first-order valence-electron chi connectivity index (χ1n) is 8.00. The average Bonchev–Trinajstić information content (AvgIpc) is 2.36. The van der Waals surface area contributed by atoms with Gasteiger partial charge in [-0.25, -0.2) is 0 Å². The minimum atomic E-state index is 0.522. The van der Waals surface area contributed by atoms with Crippen LogP contribution in [0.15, 0.2) is 0 Å². The number of hydrogen-bond acceptors (Lipinski definition) is 4. The van der Waals surface area contributed by atoms with Crippen LogP contribution in [0.25, 0.3) is 0 Å². The molecule has 0 amide bonds. The lowest BCUT2D eigenvalue weighted by atomic mass is 9.51. The van der Waals surface area contributed by atoms with E-state index in [1.165, 1.54) is 56.8 Å². The van der Waals surface area contributed by atoms with Gasteiger partial charge in [-0.15, -0.1) is 0 Å². The van der Waals surface area contributed by atoms with Crippen LogP contribution in [0.3, 0.4) is 0 Å². The predicted molar refractivity (Wildman–Crippen MR) is 81.9 cm³/mol. The summed E-state index contributed by atoms with van der Waals surface area (Å²) in [5.41, 5.74) is 0.522. The molecule has 0 aromatic rings. The molecule has 3 aliphatic rings. The minimum absolute atomic E-state index is 0.522. The van der Waals surface area contributed by atoms with Crippen molar-refractivity contribution in [2.75, 3.05) is 44.3 Å². The van der Waals surface area contributed by atoms with Crippen LogP contribution >= 0.6 is 11.8 Å². The normalized spacial score (nSPS) is 33.9. The van der Waals surface area contributed by atoms with E-state index in [9.17, 15) is 0 Å². The third-order valence-electron chi connectivity index (χ3n) is 5.36. The van der Waals surface area contributed by atoms with Gasteiger partial charge >= 0.3 is 0 Å². The third-order valence-corrected chi connectivity index (χ3v) is 6.30. The van der Waals surface area contributed by atoms with Gasteiger partial charge in [0.15, 0.2) is 0 Å². The highest BCUT2D eigenvalue weighted by atomic mass is 32.2. The second kappa shape index (κ2) is 6.33. The van der Waals surface area contributed by atoms with Crippen molar-refractivity contribution in [1.29, 1.82) is 0 Å². The molecule has 1 N–H and O–H groups in total. The molecule has 1 aliphatic heterocycles. The fourth-order valence-electron chi connectivity index (χ4n) is 3.95. The molecule has 2 atom stereocenters. The number of nitrogens with zero attached hydrogens (tertiary/aromatic N) is 1. The number of thioether (sulfide) groups is 1. The van der Waals surface area contributed by atoms with Crippen LogP contribution in [0.5, 0.6) is 0 Å². The molecule has 2 aliphatic carbocycles. The van der Waals surface area contributed by atoms with Crippen LogP contribution in [0, 0.1) is 5.41 Å². The van der Waals surface area contributed by atoms with Gasteiger partial charge in [0.05, 0.1) is 6.10 Å². The summed E-state index contributed by atoms with van der Waals surface area (Å²) in [6, 6.07) is 0.733. The molecule has 3 rings (SSSR count). The maximum Gasteiger partial charge on any atom is 0.0661 e. The van der Waals surface area contributed by atoms with E-state index < -0.39 is 0 Å². The summed E-state index contributed by atoms with van der Waals surface area (Å²) in [5, 5.41) is 3.82. The summed E-state index contributed by atoms with van der Waals surface area (Å²) < 4.78 is 5.91. The van der Waals surface area contributed by atoms with E-state index in [4.69, 9.17) is 4.74 Å². The van der Waals surface area contributed by atoms with Gasteiger partial charge in [0.1, 0.15) is 0 Å². The molecule has 1 heterocycles. The Morgan fingerprint density at radius 2 is 2.11 bits per heavy atom. The highest BCUT2D eigenvalue weighted by Gasteiger charge is 2.58. The quantitative estimate of drug-likeness (QED) is 0.806. The average molecular weight is 284 g/mol. The third kappa shape index (κ3) is 2.82. The van der Waals surface area contributed by atoms with Gasteiger partial charge in [0.2, 0.25) is 0 Å². The van der Waals surface area contributed by atoms with Crippen LogP contribution < -0.4 is 5.32 Å². The van der Waals surface area contributed by atoms with Crippen molar-refractivity contribution in [3.63, 3.8) is 0 Å². The van der Waals surface area contributed by atoms with Crippen molar-refractivity contribution >= 4 is 11.8 Å². The van der Waals surface area contributed by atoms with Crippen molar-refractivity contribution in [2.24, 2.45) is 5.41 Å². The molecule has 0 aromatic heterocycles. The Morgan fingerprint density at radius 1 is 1.32 bits per heavy atom. The molecule has 2 unspecified atom stereocenters. The molecular formula is C15H28N2OS. The largest absolute Gasteiger partial charge is 0.378 e. The highest BCUT2D eigenvalue weighted by Crippen LogP contribution is 2.57. The molecule has 110 valence electrons. The summed E-state index contributed by atoms with van der Waals surface area (Å²) >= 11 is 2.09. The Bertz CT molecular complexity index is 290. The Morgan fingerprint density at radius 3 is 2.74 bits per heavy atom. The van der Waals surface area contributed by atoms with E-state index in [2.05, 4.69) is 28.9 Å². The smallest absolute Gasteiger partial charge is 0.0661 e. The Hall–Kier alpha value is 0.230. The van der Waals surface area contributed by atoms with E-state index in [-0.39, 0.29) is 0 Å². The first kappa shape index (κ1) is 14.2. The molecule has 1 saturated heterocycles. The fourth-order valence-corrected chi connectivity index (χ4v) is 4.93. The van der Waals surface area contributed by atoms with Crippen molar-refractivity contribution < 1.29 is 4.74 Å². The zero-order valence-electron chi connectivity index (χ0n) is 12.2. The molecule has 3 fully saturated rings. The Kier molecular flexibility index (Phi) is 4.73. The topological polar surface area (TPSA) is 24.5 Å². The van der Waals surface area contributed by atoms with Crippen molar-refractivity contribution in [3.8, 4) is 0 Å². The Labute approximate surface area is 121 Å². The second-order valence-electron chi connectivity index (χ2n) is 6.23. The lowest BCUT2D eigenvalue weighted by molar-refractivity contribution is -0.172. The number of hydrogen-bond donors (Lipinski definition) is 1. The molecule has 1 spiro atoms. The zero-order valence-corrected chi connectivity index (χ0v) is 13.0. The van der Waals surface area contributed by atoms with E-state index in [1.807, 2.05) is 0 Å². The van der Waals surface area contributed by atoms with Crippen molar-refractivity contribution in [3.05, 3.63) is 0 Å². The molecule has 4 heteroatoms. The highest BCUT2D eigenvalue weighted by molar-refractivity contribution is 7.99. The first-order valence-corrected chi connectivity index (χ1v) is 9.16. The van der Waals surface area contributed by atoms with Crippen LogP contribution in [-0.4, -0.2) is 61.3 Å². The van der Waals surface area contributed by atoms with Gasteiger partial charge in [-0.1, -0.05) is 6.42 Å². The van der Waals surface area contributed by atoms with Gasteiger partial charge in [0, 0.05) is 55.7 Å². The molecule has 19 heavy (non-hydrogen) atoms. The number of rotatable bonds is 6. The predicted octanol–water partition coefficient (Wildman–Crippen LogP) is 1.97. The van der Waals surface area contributed by atoms with Gasteiger partial charge in [-0.3, -0.25) is 0 Å². The zero-order chi connectivity index (χ0) is 13.1. The first-order chi connectivity index (χ1) is 9.35. The monoisotopic (exact) mass is 284 g/mol. The number of nitrogens with one attached hydrogen (secondary N) is 1. The summed E-state index contributed by atoms with van der Waals surface area (Å²) in [6.45, 7) is 7.96. The van der Waals surface area contributed by atoms with E-state index in [0.717, 1.165) is 19.2 Å². The van der Waals surface area contributed by atoms with Crippen LogP contribution in [0.1, 0.15) is 32.6 Å². The minimum Gasteiger partial charge on any atom is -0.378 e. The Balaban J connectivity index is 1.39. The summed E-state index contributed by atoms with van der Waals surface area (Å²) in [5.74, 6) is 2.64. The molecule has 2 saturated carbocycles. The van der Waals surface area contributed by atoms with E-state index >= 15 is 0 Å². The van der Waals surface area contributed by atoms with Crippen LogP contribution in [-0.2, 0) is 4.74 Å². The lowest BCUT2D eigenvalue weighted by Crippen LogP contribution is -2.67. The maximum absolute atomic E-state index is 5.91. The number of ether oxygens (including phenoxy) is 1. The molecule has 0 aromatic carbocycles. The lowest BCUT2D eigenvalue weighted by Gasteiger charge is -2.61. The SMILES string of the molecule is CCOC1CC(NCCN2CCSCC2)C12CCC2. The maximum atomic E-state index is 5.91.